The maximum Gasteiger partial charge on any atom is 0.357 e. The molecule has 0 aliphatic rings. The Bertz CT molecular complexity index is 1040. The minimum atomic E-state index is -4.54. The molecule has 0 fully saturated rings. The van der Waals surface area contributed by atoms with Crippen LogP contribution in [-0.2, 0) is 14.8 Å². The number of nitrogens with two attached hydrogens (primary N) is 2. The number of nitrogens with zero attached hydrogens (tertiary/aromatic N) is 2. The van der Waals surface area contributed by atoms with E-state index in [2.05, 4.69) is 9.98 Å². The number of halogens is 2. The highest BCUT2D eigenvalue weighted by molar-refractivity contribution is 7.93. The molecule has 0 bridgehead atoms. The molecule has 150 valence electrons. The number of carboxylic acids is 1. The molecule has 0 spiro atoms. The third-order valence-electron chi connectivity index (χ3n) is 2.99. The van der Waals surface area contributed by atoms with Crippen molar-refractivity contribution in [2.24, 2.45) is 16.5 Å². The zero-order valence-corrected chi connectivity index (χ0v) is 15.3. The number of nitrogens with one attached hydrogen (secondary N) is 2. The van der Waals surface area contributed by atoms with Gasteiger partial charge >= 0.3 is 5.97 Å². The van der Waals surface area contributed by atoms with Gasteiger partial charge in [0.1, 0.15) is 17.2 Å². The molecule has 1 aromatic carbocycles. The van der Waals surface area contributed by atoms with Crippen LogP contribution < -0.4 is 21.5 Å². The summed E-state index contributed by atoms with van der Waals surface area (Å²) in [7, 11) is -4.54. The zero-order valence-electron chi connectivity index (χ0n) is 13.6. The number of aromatic nitrogens is 1. The highest BCUT2D eigenvalue weighted by Gasteiger charge is 2.24. The molecule has 0 unspecified atom stereocenters. The van der Waals surface area contributed by atoms with E-state index in [1.165, 1.54) is 0 Å². The smallest absolute Gasteiger partial charge is 0.357 e. The number of carbonyl (C=O) groups is 2. The first-order valence-electron chi connectivity index (χ1n) is 7.05. The number of hydrogen-bond donors (Lipinski definition) is 5. The number of aromatic carboxylic acids is 1. The van der Waals surface area contributed by atoms with Crippen LogP contribution >= 0.6 is 11.3 Å². The average molecular weight is 434 g/mol. The van der Waals surface area contributed by atoms with Crippen LogP contribution in [0.5, 0.6) is 0 Å². The number of hydrogen-bond acceptors (Lipinski definition) is 7. The van der Waals surface area contributed by atoms with Gasteiger partial charge in [-0.2, -0.15) is 0 Å². The Balaban J connectivity index is 2.29. The molecule has 7 N–H and O–H groups in total. The van der Waals surface area contributed by atoms with Crippen LogP contribution in [0.3, 0.4) is 0 Å². The lowest BCUT2D eigenvalue weighted by Crippen LogP contribution is -2.26. The SMILES string of the molecule is NC(N)=NCC(=O)Nc1c(F)cc(S(=O)(=O)Nc2scnc2C(=O)O)cc1F. The molecule has 28 heavy (non-hydrogen) atoms. The number of carbonyl (C=O) groups excluding carboxylic acids is 1. The minimum absolute atomic E-state index is 0.345. The van der Waals surface area contributed by atoms with Gasteiger partial charge in [-0.3, -0.25) is 9.52 Å². The lowest BCUT2D eigenvalue weighted by molar-refractivity contribution is -0.114. The Kier molecular flexibility index (Phi) is 6.09. The van der Waals surface area contributed by atoms with Gasteiger partial charge < -0.3 is 21.9 Å². The summed E-state index contributed by atoms with van der Waals surface area (Å²) in [4.78, 5) is 28.5. The summed E-state index contributed by atoms with van der Waals surface area (Å²) in [6.07, 6.45) is 0. The molecule has 0 atom stereocenters. The van der Waals surface area contributed by atoms with E-state index in [0.717, 1.165) is 5.51 Å². The highest BCUT2D eigenvalue weighted by Crippen LogP contribution is 2.27. The van der Waals surface area contributed by atoms with Crippen LogP contribution in [0.15, 0.2) is 27.5 Å². The predicted molar refractivity (Wildman–Crippen MR) is 95.5 cm³/mol. The fraction of sp³-hybridized carbons (Fsp3) is 0.0769. The van der Waals surface area contributed by atoms with Crippen molar-refractivity contribution >= 4 is 49.9 Å². The first-order chi connectivity index (χ1) is 13.0. The van der Waals surface area contributed by atoms with Crippen LogP contribution in [-0.4, -0.2) is 42.9 Å². The van der Waals surface area contributed by atoms with E-state index in [-0.39, 0.29) is 5.00 Å². The Morgan fingerprint density at radius 1 is 1.25 bits per heavy atom. The largest absolute Gasteiger partial charge is 0.476 e. The number of anilines is 2. The van der Waals surface area contributed by atoms with E-state index < -0.39 is 62.3 Å². The molecule has 0 aliphatic heterocycles. The van der Waals surface area contributed by atoms with Crippen molar-refractivity contribution in [2.75, 3.05) is 16.6 Å². The third-order valence-corrected chi connectivity index (χ3v) is 5.19. The standard InChI is InChI=1S/C13H12F2N6O5S2/c14-6-1-5(2-7(15)9(6)20-8(22)3-18-13(16)17)28(25,26)21-11-10(12(23)24)19-4-27-11/h1-2,4,21H,3H2,(H,20,22)(H,23,24)(H4,16,17,18). The van der Waals surface area contributed by atoms with Crippen LogP contribution in [0.2, 0.25) is 0 Å². The fourth-order valence-electron chi connectivity index (χ4n) is 1.82. The molecule has 0 saturated heterocycles. The maximum absolute atomic E-state index is 14.2. The van der Waals surface area contributed by atoms with Gasteiger partial charge in [-0.1, -0.05) is 0 Å². The Morgan fingerprint density at radius 3 is 2.39 bits per heavy atom. The van der Waals surface area contributed by atoms with E-state index in [1.54, 1.807) is 0 Å². The summed E-state index contributed by atoms with van der Waals surface area (Å²) < 4.78 is 54.8. The van der Waals surface area contributed by atoms with Gasteiger partial charge in [0, 0.05) is 0 Å². The molecule has 2 aromatic rings. The Hall–Kier alpha value is -3.33. The average Bonchev–Trinajstić information content (AvgIpc) is 3.03. The van der Waals surface area contributed by atoms with Crippen LogP contribution in [0.4, 0.5) is 19.5 Å². The lowest BCUT2D eigenvalue weighted by Gasteiger charge is -2.11. The van der Waals surface area contributed by atoms with Crippen LogP contribution in [0.1, 0.15) is 10.5 Å². The van der Waals surface area contributed by atoms with E-state index in [1.807, 2.05) is 10.0 Å². The molecule has 1 aromatic heterocycles. The van der Waals surface area contributed by atoms with Crippen molar-refractivity contribution < 1.29 is 31.9 Å². The molecule has 0 radical (unpaired) electrons. The van der Waals surface area contributed by atoms with Gasteiger partial charge in [0.25, 0.3) is 10.0 Å². The van der Waals surface area contributed by atoms with Gasteiger partial charge in [0.05, 0.1) is 10.4 Å². The van der Waals surface area contributed by atoms with E-state index >= 15 is 0 Å². The molecule has 1 heterocycles. The van der Waals surface area contributed by atoms with Crippen LogP contribution in [0, 0.1) is 11.6 Å². The summed E-state index contributed by atoms with van der Waals surface area (Å²) >= 11 is 0.668. The summed E-state index contributed by atoms with van der Waals surface area (Å²) in [6, 6.07) is 0.895. The molecule has 0 aliphatic carbocycles. The second-order valence-corrected chi connectivity index (χ2v) is 7.53. The summed E-state index contributed by atoms with van der Waals surface area (Å²) in [5.41, 5.74) is 9.67. The lowest BCUT2D eigenvalue weighted by atomic mass is 10.3. The molecular weight excluding hydrogens is 422 g/mol. The van der Waals surface area contributed by atoms with Gasteiger partial charge in [-0.05, 0) is 12.1 Å². The highest BCUT2D eigenvalue weighted by atomic mass is 32.2. The van der Waals surface area contributed by atoms with Crippen molar-refractivity contribution in [1.29, 1.82) is 0 Å². The van der Waals surface area contributed by atoms with Crippen molar-refractivity contribution in [1.82, 2.24) is 4.98 Å². The summed E-state index contributed by atoms with van der Waals surface area (Å²) in [5.74, 6) is -5.62. The first kappa shape index (κ1) is 21.0. The van der Waals surface area contributed by atoms with Crippen LogP contribution in [0.25, 0.3) is 0 Å². The number of carboxylic acid groups (broad SMARTS) is 1. The molecular formula is C13H12F2N6O5S2. The normalized spacial score (nSPS) is 10.9. The Morgan fingerprint density at radius 2 is 1.86 bits per heavy atom. The zero-order chi connectivity index (χ0) is 21.1. The first-order valence-corrected chi connectivity index (χ1v) is 9.41. The van der Waals surface area contributed by atoms with Crippen molar-refractivity contribution in [3.05, 3.63) is 35.0 Å². The number of thiazole rings is 1. The molecule has 2 rings (SSSR count). The fourth-order valence-corrected chi connectivity index (χ4v) is 3.83. The quantitative estimate of drug-likeness (QED) is 0.300. The predicted octanol–water partition coefficient (Wildman–Crippen LogP) is 0.132. The number of benzene rings is 1. The second-order valence-electron chi connectivity index (χ2n) is 4.99. The topological polar surface area (TPSA) is 190 Å². The third kappa shape index (κ3) is 4.89. The number of amides is 1. The van der Waals surface area contributed by atoms with E-state index in [0.29, 0.717) is 23.5 Å². The molecule has 1 amide bonds. The van der Waals surface area contributed by atoms with Gasteiger partial charge in [0.2, 0.25) is 5.91 Å². The number of rotatable bonds is 7. The van der Waals surface area contributed by atoms with E-state index in [9.17, 15) is 26.8 Å². The molecule has 15 heteroatoms. The van der Waals surface area contributed by atoms with E-state index in [4.69, 9.17) is 16.6 Å². The molecule has 0 saturated carbocycles. The molecule has 11 nitrogen and oxygen atoms in total. The van der Waals surface area contributed by atoms with Crippen molar-refractivity contribution in [3.8, 4) is 0 Å². The van der Waals surface area contributed by atoms with Gasteiger partial charge in [0.15, 0.2) is 23.3 Å². The summed E-state index contributed by atoms with van der Waals surface area (Å²) in [6.45, 7) is -0.605. The summed E-state index contributed by atoms with van der Waals surface area (Å²) in [5, 5.41) is 10.5. The van der Waals surface area contributed by atoms with Crippen molar-refractivity contribution in [2.45, 2.75) is 4.90 Å². The number of guanidine groups is 1. The number of sulfonamides is 1. The maximum atomic E-state index is 14.2. The Labute approximate surface area is 160 Å². The van der Waals surface area contributed by atoms with Gasteiger partial charge in [-0.15, -0.1) is 11.3 Å². The number of aliphatic imine (C=N–C) groups is 1. The van der Waals surface area contributed by atoms with Crippen molar-refractivity contribution in [3.63, 3.8) is 0 Å². The minimum Gasteiger partial charge on any atom is -0.476 e. The second kappa shape index (κ2) is 8.13. The monoisotopic (exact) mass is 434 g/mol. The van der Waals surface area contributed by atoms with Gasteiger partial charge in [-0.25, -0.2) is 32.0 Å².